The zero-order chi connectivity index (χ0) is 19.0. The molecule has 8 heteroatoms. The van der Waals surface area contributed by atoms with Crippen molar-refractivity contribution in [3.63, 3.8) is 0 Å². The average molecular weight is 372 g/mol. The summed E-state index contributed by atoms with van der Waals surface area (Å²) >= 11 is 0. The predicted molar refractivity (Wildman–Crippen MR) is 95.8 cm³/mol. The molecule has 3 heterocycles. The normalized spacial score (nSPS) is 23.1. The van der Waals surface area contributed by atoms with Gasteiger partial charge in [0.25, 0.3) is 11.8 Å². The van der Waals surface area contributed by atoms with Crippen LogP contribution in [-0.2, 0) is 16.6 Å². The van der Waals surface area contributed by atoms with E-state index in [0.29, 0.717) is 31.0 Å². The Kier molecular flexibility index (Phi) is 4.43. The molecule has 0 N–H and O–H groups in total. The molecule has 1 aromatic heterocycles. The highest BCUT2D eigenvalue weighted by Crippen LogP contribution is 2.32. The Balaban J connectivity index is 1.55. The van der Waals surface area contributed by atoms with Crippen molar-refractivity contribution in [1.82, 2.24) is 14.5 Å². The average Bonchev–Trinajstić information content (AvgIpc) is 3.10. The monoisotopic (exact) mass is 372 g/mol. The van der Waals surface area contributed by atoms with Crippen LogP contribution in [0, 0.1) is 5.82 Å². The van der Waals surface area contributed by atoms with Gasteiger partial charge in [0, 0.05) is 19.3 Å². The smallest absolute Gasteiger partial charge is 0.272 e. The number of carbonyl (C=O) groups excluding carboxylic acids is 2. The van der Waals surface area contributed by atoms with Gasteiger partial charge in [-0.1, -0.05) is 0 Å². The number of imidazole rings is 1. The van der Waals surface area contributed by atoms with E-state index in [1.807, 2.05) is 0 Å². The molecule has 2 amide bonds. The molecule has 2 saturated heterocycles. The van der Waals surface area contributed by atoms with E-state index in [1.165, 1.54) is 12.1 Å². The lowest BCUT2D eigenvalue weighted by Crippen LogP contribution is -2.62. The number of anilines is 1. The second-order valence-corrected chi connectivity index (χ2v) is 7.15. The van der Waals surface area contributed by atoms with Gasteiger partial charge in [-0.15, -0.1) is 0 Å². The lowest BCUT2D eigenvalue weighted by molar-refractivity contribution is -0.144. The van der Waals surface area contributed by atoms with Crippen LogP contribution < -0.4 is 4.90 Å². The Hall–Kier alpha value is -2.74. The van der Waals surface area contributed by atoms with Crippen LogP contribution in [-0.4, -0.2) is 58.1 Å². The maximum atomic E-state index is 13.2. The molecule has 142 valence electrons. The van der Waals surface area contributed by atoms with Gasteiger partial charge in [0.1, 0.15) is 23.7 Å². The molecule has 2 aliphatic heterocycles. The van der Waals surface area contributed by atoms with Gasteiger partial charge in [-0.2, -0.15) is 0 Å². The minimum Gasteiger partial charge on any atom is -0.361 e. The van der Waals surface area contributed by atoms with Crippen molar-refractivity contribution in [2.45, 2.75) is 18.4 Å². The van der Waals surface area contributed by atoms with Gasteiger partial charge in [0.2, 0.25) is 0 Å². The second-order valence-electron chi connectivity index (χ2n) is 7.15. The summed E-state index contributed by atoms with van der Waals surface area (Å²) in [5.41, 5.74) is 0.544. The third kappa shape index (κ3) is 3.32. The van der Waals surface area contributed by atoms with Gasteiger partial charge in [-0.25, -0.2) is 9.37 Å². The first-order chi connectivity index (χ1) is 13.0. The number of amides is 2. The second kappa shape index (κ2) is 6.77. The number of rotatable bonds is 2. The molecule has 2 aromatic rings. The summed E-state index contributed by atoms with van der Waals surface area (Å²) in [6, 6.07) is 5.86. The zero-order valence-electron chi connectivity index (χ0n) is 15.1. The Morgan fingerprint density at radius 2 is 2.04 bits per heavy atom. The summed E-state index contributed by atoms with van der Waals surface area (Å²) in [4.78, 5) is 32.6. The third-order valence-corrected chi connectivity index (χ3v) is 5.25. The van der Waals surface area contributed by atoms with E-state index in [0.717, 1.165) is 12.8 Å². The molecule has 27 heavy (non-hydrogen) atoms. The summed E-state index contributed by atoms with van der Waals surface area (Å²) in [7, 11) is 1.78. The van der Waals surface area contributed by atoms with E-state index in [1.54, 1.807) is 46.1 Å². The molecule has 1 unspecified atom stereocenters. The maximum Gasteiger partial charge on any atom is 0.272 e. The van der Waals surface area contributed by atoms with Crippen LogP contribution >= 0.6 is 0 Å². The van der Waals surface area contributed by atoms with Crippen molar-refractivity contribution in [3.05, 3.63) is 48.3 Å². The summed E-state index contributed by atoms with van der Waals surface area (Å²) in [6.07, 6.45) is 4.70. The molecule has 1 atom stereocenters. The van der Waals surface area contributed by atoms with Crippen molar-refractivity contribution in [1.29, 1.82) is 0 Å². The highest BCUT2D eigenvalue weighted by molar-refractivity contribution is 5.95. The minimum absolute atomic E-state index is 0.0505. The van der Waals surface area contributed by atoms with Crippen molar-refractivity contribution < 1.29 is 18.7 Å². The van der Waals surface area contributed by atoms with E-state index >= 15 is 0 Å². The van der Waals surface area contributed by atoms with E-state index in [-0.39, 0.29) is 24.2 Å². The van der Waals surface area contributed by atoms with E-state index < -0.39 is 5.60 Å². The molecule has 0 saturated carbocycles. The molecule has 7 nitrogen and oxygen atoms in total. The molecular formula is C19H21FN4O3. The minimum atomic E-state index is -0.616. The number of morpholine rings is 1. The van der Waals surface area contributed by atoms with Crippen LogP contribution in [0.5, 0.6) is 0 Å². The largest absolute Gasteiger partial charge is 0.361 e. The number of hydrogen-bond acceptors (Lipinski definition) is 4. The number of benzene rings is 1. The Bertz CT molecular complexity index is 866. The number of likely N-dealkylation sites (tertiary alicyclic amines) is 1. The standard InChI is InChI=1S/C19H21FN4O3/c1-22-13-21-9-16(22)18(26)23-8-2-7-19(11-23)12-24(17(25)10-27-19)15-5-3-14(20)4-6-15/h3-6,9,13H,2,7-8,10-12H2,1H3. The fraction of sp³-hybridized carbons (Fsp3) is 0.421. The lowest BCUT2D eigenvalue weighted by atomic mass is 9.90. The predicted octanol–water partition coefficient (Wildman–Crippen LogP) is 1.60. The van der Waals surface area contributed by atoms with Crippen LogP contribution in [0.2, 0.25) is 0 Å². The first kappa shape index (κ1) is 17.7. The van der Waals surface area contributed by atoms with Crippen molar-refractivity contribution in [2.24, 2.45) is 7.05 Å². The first-order valence-corrected chi connectivity index (χ1v) is 8.93. The third-order valence-electron chi connectivity index (χ3n) is 5.25. The zero-order valence-corrected chi connectivity index (χ0v) is 15.1. The number of ether oxygens (including phenoxy) is 1. The van der Waals surface area contributed by atoms with E-state index in [4.69, 9.17) is 4.74 Å². The molecule has 2 aliphatic rings. The van der Waals surface area contributed by atoms with Crippen LogP contribution in [0.1, 0.15) is 23.3 Å². The number of halogens is 1. The quantitative estimate of drug-likeness (QED) is 0.803. The van der Waals surface area contributed by atoms with Crippen molar-refractivity contribution in [2.75, 3.05) is 31.1 Å². The fourth-order valence-corrected chi connectivity index (χ4v) is 3.81. The number of hydrogen-bond donors (Lipinski definition) is 0. The number of aryl methyl sites for hydroxylation is 1. The molecule has 0 radical (unpaired) electrons. The molecule has 1 spiro atoms. The van der Waals surface area contributed by atoms with Crippen molar-refractivity contribution >= 4 is 17.5 Å². The summed E-state index contributed by atoms with van der Waals surface area (Å²) in [5.74, 6) is -0.606. The molecule has 0 aliphatic carbocycles. The highest BCUT2D eigenvalue weighted by Gasteiger charge is 2.44. The number of piperidine rings is 1. The molecule has 2 fully saturated rings. The first-order valence-electron chi connectivity index (χ1n) is 8.93. The fourth-order valence-electron chi connectivity index (χ4n) is 3.81. The summed E-state index contributed by atoms with van der Waals surface area (Å²) < 4.78 is 20.9. The molecule has 4 rings (SSSR count). The Morgan fingerprint density at radius 1 is 1.26 bits per heavy atom. The SMILES string of the molecule is Cn1cncc1C(=O)N1CCCC2(C1)CN(c1ccc(F)cc1)C(=O)CO2. The van der Waals surface area contributed by atoms with E-state index in [2.05, 4.69) is 4.98 Å². The number of aromatic nitrogens is 2. The molecule has 1 aromatic carbocycles. The Morgan fingerprint density at radius 3 is 2.74 bits per heavy atom. The van der Waals surface area contributed by atoms with Gasteiger partial charge in [0.05, 0.1) is 25.6 Å². The highest BCUT2D eigenvalue weighted by atomic mass is 19.1. The molecular weight excluding hydrogens is 351 g/mol. The van der Waals surface area contributed by atoms with Crippen LogP contribution in [0.15, 0.2) is 36.8 Å². The van der Waals surface area contributed by atoms with Gasteiger partial charge in [-0.05, 0) is 37.1 Å². The van der Waals surface area contributed by atoms with E-state index in [9.17, 15) is 14.0 Å². The summed E-state index contributed by atoms with van der Waals surface area (Å²) in [6.45, 7) is 1.33. The number of nitrogens with zero attached hydrogens (tertiary/aromatic N) is 4. The van der Waals surface area contributed by atoms with Crippen LogP contribution in [0.4, 0.5) is 10.1 Å². The van der Waals surface area contributed by atoms with Gasteiger partial charge >= 0.3 is 0 Å². The van der Waals surface area contributed by atoms with Crippen LogP contribution in [0.25, 0.3) is 0 Å². The van der Waals surface area contributed by atoms with Crippen LogP contribution in [0.3, 0.4) is 0 Å². The topological polar surface area (TPSA) is 67.7 Å². The van der Waals surface area contributed by atoms with Gasteiger partial charge < -0.3 is 19.1 Å². The Labute approximate surface area is 156 Å². The maximum absolute atomic E-state index is 13.2. The van der Waals surface area contributed by atoms with Crippen molar-refractivity contribution in [3.8, 4) is 0 Å². The van der Waals surface area contributed by atoms with Gasteiger partial charge in [0.15, 0.2) is 0 Å². The number of carbonyl (C=O) groups is 2. The summed E-state index contributed by atoms with van der Waals surface area (Å²) in [5, 5.41) is 0. The van der Waals surface area contributed by atoms with Gasteiger partial charge in [-0.3, -0.25) is 9.59 Å². The molecule has 0 bridgehead atoms. The lowest BCUT2D eigenvalue weighted by Gasteiger charge is -2.47.